The Bertz CT molecular complexity index is 453. The summed E-state index contributed by atoms with van der Waals surface area (Å²) in [6.45, 7) is 3.76. The highest BCUT2D eigenvalue weighted by Gasteiger charge is 2.04. The third kappa shape index (κ3) is 2.49. The molecule has 3 nitrogen and oxygen atoms in total. The predicted octanol–water partition coefficient (Wildman–Crippen LogP) is 2.98. The first-order chi connectivity index (χ1) is 7.29. The van der Waals surface area contributed by atoms with E-state index in [4.69, 9.17) is 16.0 Å². The van der Waals surface area contributed by atoms with Crippen molar-refractivity contribution in [3.63, 3.8) is 0 Å². The average molecular weight is 225 g/mol. The minimum atomic E-state index is 0.667. The van der Waals surface area contributed by atoms with Crippen molar-refractivity contribution in [1.82, 2.24) is 10.3 Å². The molecule has 1 aromatic carbocycles. The largest absolute Gasteiger partial charge is 0.439 e. The lowest BCUT2D eigenvalue weighted by Gasteiger charge is -1.96. The van der Waals surface area contributed by atoms with E-state index >= 15 is 0 Å². The molecule has 0 saturated carbocycles. The standard InChI is InChI=1S/C11H13ClN2O/c1-2-5-13-7-11-14-9-6-8(12)3-4-10(9)15-11/h3-4,6,13H,2,5,7H2,1H3. The summed E-state index contributed by atoms with van der Waals surface area (Å²) in [5.74, 6) is 0.709. The van der Waals surface area contributed by atoms with Gasteiger partial charge in [-0.2, -0.15) is 0 Å². The van der Waals surface area contributed by atoms with Crippen LogP contribution in [0.5, 0.6) is 0 Å². The van der Waals surface area contributed by atoms with Crippen molar-refractivity contribution in [3.8, 4) is 0 Å². The van der Waals surface area contributed by atoms with Gasteiger partial charge in [-0.25, -0.2) is 4.98 Å². The van der Waals surface area contributed by atoms with Crippen LogP contribution in [0.15, 0.2) is 22.6 Å². The maximum atomic E-state index is 5.86. The van der Waals surface area contributed by atoms with Crippen LogP contribution in [0.4, 0.5) is 0 Å². The van der Waals surface area contributed by atoms with E-state index in [1.54, 1.807) is 6.07 Å². The highest BCUT2D eigenvalue weighted by molar-refractivity contribution is 6.31. The summed E-state index contributed by atoms with van der Waals surface area (Å²) in [7, 11) is 0. The zero-order valence-corrected chi connectivity index (χ0v) is 9.34. The fourth-order valence-corrected chi connectivity index (χ4v) is 1.56. The van der Waals surface area contributed by atoms with Crippen molar-refractivity contribution < 1.29 is 4.42 Å². The van der Waals surface area contributed by atoms with E-state index in [1.165, 1.54) is 0 Å². The maximum Gasteiger partial charge on any atom is 0.209 e. The lowest BCUT2D eigenvalue weighted by atomic mass is 10.3. The van der Waals surface area contributed by atoms with Gasteiger partial charge in [0.1, 0.15) is 5.52 Å². The van der Waals surface area contributed by atoms with Crippen LogP contribution in [-0.4, -0.2) is 11.5 Å². The molecule has 80 valence electrons. The van der Waals surface area contributed by atoms with Crippen molar-refractivity contribution in [2.75, 3.05) is 6.54 Å². The summed E-state index contributed by atoms with van der Waals surface area (Å²) >= 11 is 5.86. The van der Waals surface area contributed by atoms with Crippen LogP contribution in [0.1, 0.15) is 19.2 Å². The first kappa shape index (κ1) is 10.5. The average Bonchev–Trinajstić information content (AvgIpc) is 2.60. The third-order valence-corrected chi connectivity index (χ3v) is 2.33. The van der Waals surface area contributed by atoms with Gasteiger partial charge in [-0.05, 0) is 31.2 Å². The van der Waals surface area contributed by atoms with Gasteiger partial charge in [-0.1, -0.05) is 18.5 Å². The van der Waals surface area contributed by atoms with Crippen LogP contribution in [0, 0.1) is 0 Å². The van der Waals surface area contributed by atoms with E-state index in [0.29, 0.717) is 17.5 Å². The molecule has 1 aromatic heterocycles. The molecule has 0 unspecified atom stereocenters. The molecule has 2 aromatic rings. The Morgan fingerprint density at radius 3 is 3.13 bits per heavy atom. The molecule has 0 fully saturated rings. The van der Waals surface area contributed by atoms with Gasteiger partial charge < -0.3 is 9.73 Å². The van der Waals surface area contributed by atoms with Gasteiger partial charge in [-0.3, -0.25) is 0 Å². The van der Waals surface area contributed by atoms with E-state index < -0.39 is 0 Å². The molecule has 1 heterocycles. The van der Waals surface area contributed by atoms with E-state index in [0.717, 1.165) is 24.1 Å². The fraction of sp³-hybridized carbons (Fsp3) is 0.364. The molecule has 0 amide bonds. The number of hydrogen-bond acceptors (Lipinski definition) is 3. The zero-order chi connectivity index (χ0) is 10.7. The summed E-state index contributed by atoms with van der Waals surface area (Å²) in [4.78, 5) is 4.33. The number of nitrogens with zero attached hydrogens (tertiary/aromatic N) is 1. The van der Waals surface area contributed by atoms with E-state index in [9.17, 15) is 0 Å². The second-order valence-corrected chi connectivity index (χ2v) is 3.83. The van der Waals surface area contributed by atoms with Gasteiger partial charge in [-0.15, -0.1) is 0 Å². The number of fused-ring (bicyclic) bond motifs is 1. The van der Waals surface area contributed by atoms with Gasteiger partial charge >= 0.3 is 0 Å². The molecule has 0 aliphatic heterocycles. The molecule has 1 N–H and O–H groups in total. The van der Waals surface area contributed by atoms with Crippen molar-refractivity contribution in [3.05, 3.63) is 29.1 Å². The minimum Gasteiger partial charge on any atom is -0.439 e. The molecular weight excluding hydrogens is 212 g/mol. The molecule has 2 rings (SSSR count). The van der Waals surface area contributed by atoms with Crippen molar-refractivity contribution in [2.24, 2.45) is 0 Å². The first-order valence-corrected chi connectivity index (χ1v) is 5.43. The van der Waals surface area contributed by atoms with Gasteiger partial charge in [0.25, 0.3) is 0 Å². The van der Waals surface area contributed by atoms with Crippen molar-refractivity contribution >= 4 is 22.7 Å². The number of hydrogen-bond donors (Lipinski definition) is 1. The summed E-state index contributed by atoms with van der Waals surface area (Å²) in [6.07, 6.45) is 1.10. The highest BCUT2D eigenvalue weighted by atomic mass is 35.5. The molecule has 0 radical (unpaired) electrons. The normalized spacial score (nSPS) is 11.1. The number of benzene rings is 1. The zero-order valence-electron chi connectivity index (χ0n) is 8.59. The Morgan fingerprint density at radius 1 is 1.47 bits per heavy atom. The highest BCUT2D eigenvalue weighted by Crippen LogP contribution is 2.19. The van der Waals surface area contributed by atoms with Crippen LogP contribution < -0.4 is 5.32 Å². The van der Waals surface area contributed by atoms with Crippen molar-refractivity contribution in [1.29, 1.82) is 0 Å². The minimum absolute atomic E-state index is 0.667. The molecule has 4 heteroatoms. The smallest absolute Gasteiger partial charge is 0.209 e. The summed E-state index contributed by atoms with van der Waals surface area (Å²) in [5.41, 5.74) is 1.60. The Morgan fingerprint density at radius 2 is 2.33 bits per heavy atom. The molecular formula is C11H13ClN2O. The van der Waals surface area contributed by atoms with Crippen LogP contribution in [0.2, 0.25) is 5.02 Å². The quantitative estimate of drug-likeness (QED) is 0.812. The fourth-order valence-electron chi connectivity index (χ4n) is 1.40. The maximum absolute atomic E-state index is 5.86. The number of oxazole rings is 1. The Balaban J connectivity index is 2.16. The second-order valence-electron chi connectivity index (χ2n) is 3.40. The summed E-state index contributed by atoms with van der Waals surface area (Å²) in [5, 5.41) is 3.92. The Labute approximate surface area is 93.4 Å². The van der Waals surface area contributed by atoms with E-state index in [-0.39, 0.29) is 0 Å². The van der Waals surface area contributed by atoms with E-state index in [2.05, 4.69) is 17.2 Å². The third-order valence-electron chi connectivity index (χ3n) is 2.10. The monoisotopic (exact) mass is 224 g/mol. The van der Waals surface area contributed by atoms with Gasteiger partial charge in [0.2, 0.25) is 5.89 Å². The Kier molecular flexibility index (Phi) is 3.23. The molecule has 0 atom stereocenters. The SMILES string of the molecule is CCCNCc1nc2cc(Cl)ccc2o1. The molecule has 0 aliphatic carbocycles. The number of rotatable bonds is 4. The van der Waals surface area contributed by atoms with Gasteiger partial charge in [0, 0.05) is 5.02 Å². The second kappa shape index (κ2) is 4.64. The summed E-state index contributed by atoms with van der Waals surface area (Å²) in [6, 6.07) is 5.45. The summed E-state index contributed by atoms with van der Waals surface area (Å²) < 4.78 is 5.54. The number of halogens is 1. The lowest BCUT2D eigenvalue weighted by Crippen LogP contribution is -2.13. The van der Waals surface area contributed by atoms with Crippen LogP contribution in [0.3, 0.4) is 0 Å². The molecule has 0 bridgehead atoms. The predicted molar refractivity (Wildman–Crippen MR) is 61.0 cm³/mol. The Hall–Kier alpha value is -1.06. The first-order valence-electron chi connectivity index (χ1n) is 5.05. The van der Waals surface area contributed by atoms with E-state index in [1.807, 2.05) is 12.1 Å². The van der Waals surface area contributed by atoms with Crippen LogP contribution in [0.25, 0.3) is 11.1 Å². The number of nitrogens with one attached hydrogen (secondary N) is 1. The number of aromatic nitrogens is 1. The van der Waals surface area contributed by atoms with Crippen molar-refractivity contribution in [2.45, 2.75) is 19.9 Å². The van der Waals surface area contributed by atoms with Gasteiger partial charge in [0.05, 0.1) is 6.54 Å². The van der Waals surface area contributed by atoms with Gasteiger partial charge in [0.15, 0.2) is 5.58 Å². The topological polar surface area (TPSA) is 38.1 Å². The molecule has 0 spiro atoms. The van der Waals surface area contributed by atoms with Crippen LogP contribution >= 0.6 is 11.6 Å². The molecule has 0 aliphatic rings. The molecule has 15 heavy (non-hydrogen) atoms. The van der Waals surface area contributed by atoms with Crippen LogP contribution in [-0.2, 0) is 6.54 Å². The molecule has 0 saturated heterocycles. The lowest BCUT2D eigenvalue weighted by molar-refractivity contribution is 0.495.